The smallest absolute Gasteiger partial charge is 0.330 e. The Balaban J connectivity index is 3.56. The zero-order chi connectivity index (χ0) is 7.98. The third kappa shape index (κ3) is 5.31. The second-order valence-corrected chi connectivity index (χ2v) is 1.97. The van der Waals surface area contributed by atoms with E-state index in [1.54, 1.807) is 19.9 Å². The summed E-state index contributed by atoms with van der Waals surface area (Å²) in [5.41, 5.74) is 5.34. The van der Waals surface area contributed by atoms with Crippen LogP contribution in [0.3, 0.4) is 0 Å². The van der Waals surface area contributed by atoms with Gasteiger partial charge in [-0.05, 0) is 13.8 Å². The fourth-order valence-electron chi connectivity index (χ4n) is 0.421. The predicted octanol–water partition coefficient (Wildman–Crippen LogP) is 0.453. The minimum absolute atomic E-state index is 0.0931. The van der Waals surface area contributed by atoms with Gasteiger partial charge in [0.15, 0.2) is 0 Å². The summed E-state index contributed by atoms with van der Waals surface area (Å²) in [6.07, 6.45) is 2.94. The lowest BCUT2D eigenvalue weighted by Crippen LogP contribution is -2.11. The summed E-state index contributed by atoms with van der Waals surface area (Å²) in [6.45, 7) is 3.95. The quantitative estimate of drug-likeness (QED) is 0.461. The summed E-state index contributed by atoms with van der Waals surface area (Å²) < 4.78 is 4.61. The maximum absolute atomic E-state index is 10.6. The molecule has 0 saturated carbocycles. The molecular weight excluding hydrogens is 130 g/mol. The summed E-state index contributed by atoms with van der Waals surface area (Å²) in [5.74, 6) is -0.334. The molecule has 0 heterocycles. The van der Waals surface area contributed by atoms with Crippen LogP contribution in [0, 0.1) is 0 Å². The first-order valence-corrected chi connectivity index (χ1v) is 3.27. The van der Waals surface area contributed by atoms with Gasteiger partial charge in [-0.25, -0.2) is 4.79 Å². The van der Waals surface area contributed by atoms with Crippen LogP contribution in [0.5, 0.6) is 0 Å². The van der Waals surface area contributed by atoms with Gasteiger partial charge in [-0.15, -0.1) is 0 Å². The molecular formula is C7H13NO2. The van der Waals surface area contributed by atoms with E-state index in [9.17, 15) is 4.79 Å². The lowest BCUT2D eigenvalue weighted by molar-refractivity contribution is -0.137. The molecule has 1 atom stereocenters. The van der Waals surface area contributed by atoms with E-state index in [-0.39, 0.29) is 12.0 Å². The third-order valence-electron chi connectivity index (χ3n) is 0.822. The summed E-state index contributed by atoms with van der Waals surface area (Å²) in [7, 11) is 0. The fraction of sp³-hybridized carbons (Fsp3) is 0.571. The summed E-state index contributed by atoms with van der Waals surface area (Å²) in [6, 6.07) is -0.0931. The van der Waals surface area contributed by atoms with Crippen molar-refractivity contribution in [2.45, 2.75) is 19.9 Å². The number of esters is 1. The van der Waals surface area contributed by atoms with Gasteiger partial charge in [-0.1, -0.05) is 6.08 Å². The second-order valence-electron chi connectivity index (χ2n) is 1.97. The fourth-order valence-corrected chi connectivity index (χ4v) is 0.421. The maximum atomic E-state index is 10.6. The Bertz CT molecular complexity index is 130. The number of carbonyl (C=O) groups is 1. The Morgan fingerprint density at radius 2 is 2.40 bits per heavy atom. The number of hydrogen-bond donors (Lipinski definition) is 1. The van der Waals surface area contributed by atoms with Crippen molar-refractivity contribution < 1.29 is 9.53 Å². The van der Waals surface area contributed by atoms with Gasteiger partial charge in [0.2, 0.25) is 0 Å². The van der Waals surface area contributed by atoms with E-state index in [1.807, 2.05) is 0 Å². The Hall–Kier alpha value is -0.830. The Morgan fingerprint density at radius 1 is 1.80 bits per heavy atom. The van der Waals surface area contributed by atoms with Crippen molar-refractivity contribution in [1.29, 1.82) is 0 Å². The molecule has 10 heavy (non-hydrogen) atoms. The predicted molar refractivity (Wildman–Crippen MR) is 39.4 cm³/mol. The second kappa shape index (κ2) is 4.99. The van der Waals surface area contributed by atoms with Crippen LogP contribution >= 0.6 is 0 Å². The molecule has 0 rings (SSSR count). The molecule has 0 aromatic carbocycles. The number of hydrogen-bond acceptors (Lipinski definition) is 3. The van der Waals surface area contributed by atoms with Crippen molar-refractivity contribution in [1.82, 2.24) is 0 Å². The molecule has 0 aliphatic heterocycles. The van der Waals surface area contributed by atoms with E-state index in [0.29, 0.717) is 6.61 Å². The zero-order valence-corrected chi connectivity index (χ0v) is 6.33. The van der Waals surface area contributed by atoms with Crippen molar-refractivity contribution in [3.8, 4) is 0 Å². The van der Waals surface area contributed by atoms with Crippen LogP contribution in [0.15, 0.2) is 12.2 Å². The van der Waals surface area contributed by atoms with Gasteiger partial charge in [0, 0.05) is 12.1 Å². The van der Waals surface area contributed by atoms with Crippen molar-refractivity contribution in [2.75, 3.05) is 6.61 Å². The molecule has 0 aliphatic carbocycles. The average molecular weight is 143 g/mol. The van der Waals surface area contributed by atoms with Crippen molar-refractivity contribution in [2.24, 2.45) is 5.73 Å². The Morgan fingerprint density at radius 3 is 2.80 bits per heavy atom. The van der Waals surface area contributed by atoms with Crippen molar-refractivity contribution >= 4 is 5.97 Å². The molecule has 1 unspecified atom stereocenters. The van der Waals surface area contributed by atoms with E-state index >= 15 is 0 Å². The maximum Gasteiger partial charge on any atom is 0.330 e. The largest absolute Gasteiger partial charge is 0.463 e. The molecule has 0 spiro atoms. The van der Waals surface area contributed by atoms with Crippen LogP contribution in [0.2, 0.25) is 0 Å². The molecule has 3 nitrogen and oxygen atoms in total. The van der Waals surface area contributed by atoms with Gasteiger partial charge in [-0.2, -0.15) is 0 Å². The molecule has 0 aromatic rings. The number of ether oxygens (including phenoxy) is 1. The first-order valence-electron chi connectivity index (χ1n) is 3.27. The molecule has 2 N–H and O–H groups in total. The van der Waals surface area contributed by atoms with Crippen LogP contribution in [-0.4, -0.2) is 18.6 Å². The standard InChI is InChI=1S/C7H13NO2/c1-3-10-7(9)5-4-6(2)8/h4-6H,3,8H2,1-2H3/b5-4+. The molecule has 0 radical (unpaired) electrons. The third-order valence-corrected chi connectivity index (χ3v) is 0.822. The van der Waals surface area contributed by atoms with E-state index in [0.717, 1.165) is 0 Å². The Kier molecular flexibility index (Phi) is 4.58. The first kappa shape index (κ1) is 9.17. The highest BCUT2D eigenvalue weighted by molar-refractivity contribution is 5.81. The number of nitrogens with two attached hydrogens (primary N) is 1. The van der Waals surface area contributed by atoms with Crippen LogP contribution < -0.4 is 5.73 Å². The van der Waals surface area contributed by atoms with E-state index in [4.69, 9.17) is 5.73 Å². The zero-order valence-electron chi connectivity index (χ0n) is 6.33. The molecule has 0 saturated heterocycles. The van der Waals surface area contributed by atoms with Gasteiger partial charge in [0.1, 0.15) is 0 Å². The van der Waals surface area contributed by atoms with Gasteiger partial charge >= 0.3 is 5.97 Å². The minimum atomic E-state index is -0.334. The van der Waals surface area contributed by atoms with Crippen molar-refractivity contribution in [3.63, 3.8) is 0 Å². The molecule has 0 aromatic heterocycles. The average Bonchev–Trinajstić information content (AvgIpc) is 1.85. The highest BCUT2D eigenvalue weighted by atomic mass is 16.5. The Labute approximate surface area is 60.9 Å². The van der Waals surface area contributed by atoms with Gasteiger partial charge < -0.3 is 10.5 Å². The van der Waals surface area contributed by atoms with E-state index < -0.39 is 0 Å². The van der Waals surface area contributed by atoms with Crippen LogP contribution in [0.25, 0.3) is 0 Å². The van der Waals surface area contributed by atoms with Crippen molar-refractivity contribution in [3.05, 3.63) is 12.2 Å². The van der Waals surface area contributed by atoms with Gasteiger partial charge in [0.25, 0.3) is 0 Å². The summed E-state index contributed by atoms with van der Waals surface area (Å²) in [5, 5.41) is 0. The summed E-state index contributed by atoms with van der Waals surface area (Å²) >= 11 is 0. The number of carbonyl (C=O) groups excluding carboxylic acids is 1. The monoisotopic (exact) mass is 143 g/mol. The molecule has 58 valence electrons. The van der Waals surface area contributed by atoms with Crippen LogP contribution in [0.4, 0.5) is 0 Å². The SMILES string of the molecule is CCOC(=O)/C=C/C(C)N. The highest BCUT2D eigenvalue weighted by Crippen LogP contribution is 1.83. The molecule has 0 fully saturated rings. The van der Waals surface area contributed by atoms with E-state index in [2.05, 4.69) is 4.74 Å². The lowest BCUT2D eigenvalue weighted by Gasteiger charge is -1.95. The van der Waals surface area contributed by atoms with Crippen LogP contribution in [0.1, 0.15) is 13.8 Å². The topological polar surface area (TPSA) is 52.3 Å². The first-order chi connectivity index (χ1) is 4.66. The van der Waals surface area contributed by atoms with E-state index in [1.165, 1.54) is 6.08 Å². The number of rotatable bonds is 3. The van der Waals surface area contributed by atoms with Crippen LogP contribution in [-0.2, 0) is 9.53 Å². The molecule has 0 bridgehead atoms. The molecule has 3 heteroatoms. The molecule has 0 aliphatic rings. The van der Waals surface area contributed by atoms with Gasteiger partial charge in [0.05, 0.1) is 6.61 Å². The lowest BCUT2D eigenvalue weighted by atomic mass is 10.3. The summed E-state index contributed by atoms with van der Waals surface area (Å²) in [4.78, 5) is 10.6. The minimum Gasteiger partial charge on any atom is -0.463 e. The van der Waals surface area contributed by atoms with Gasteiger partial charge in [-0.3, -0.25) is 0 Å². The molecule has 0 amide bonds. The normalized spacial score (nSPS) is 13.5. The highest BCUT2D eigenvalue weighted by Gasteiger charge is 1.92.